The molecule has 0 aliphatic carbocycles. The van der Waals surface area contributed by atoms with Gasteiger partial charge >= 0.3 is 5.97 Å². The number of amides is 2. The number of hydrogen-bond acceptors (Lipinski definition) is 5. The second kappa shape index (κ2) is 8.90. The molecule has 0 radical (unpaired) electrons. The monoisotopic (exact) mass is 460 g/mol. The van der Waals surface area contributed by atoms with Crippen LogP contribution in [0.25, 0.3) is 0 Å². The SMILES string of the molecule is CC(C(=O)Nc1ccc(Oc2ccccc2)cc1)N1C(=O)C(C)(C)Oc2cc(C(=O)O)ccc21. The van der Waals surface area contributed by atoms with E-state index < -0.39 is 29.4 Å². The highest BCUT2D eigenvalue weighted by Crippen LogP contribution is 2.39. The first-order chi connectivity index (χ1) is 16.2. The third kappa shape index (κ3) is 4.56. The van der Waals surface area contributed by atoms with Crippen LogP contribution in [0.5, 0.6) is 17.2 Å². The maximum Gasteiger partial charge on any atom is 0.335 e. The molecule has 1 atom stereocenters. The highest BCUT2D eigenvalue weighted by atomic mass is 16.5. The van der Waals surface area contributed by atoms with Crippen LogP contribution in [-0.4, -0.2) is 34.5 Å². The van der Waals surface area contributed by atoms with Crippen LogP contribution < -0.4 is 19.7 Å². The van der Waals surface area contributed by atoms with E-state index in [-0.39, 0.29) is 11.3 Å². The molecule has 1 aliphatic heterocycles. The number of anilines is 2. The summed E-state index contributed by atoms with van der Waals surface area (Å²) in [5.74, 6) is -0.380. The molecule has 3 aromatic rings. The minimum atomic E-state index is -1.27. The third-order valence-electron chi connectivity index (χ3n) is 5.43. The van der Waals surface area contributed by atoms with Gasteiger partial charge in [0, 0.05) is 5.69 Å². The van der Waals surface area contributed by atoms with Crippen molar-refractivity contribution in [2.45, 2.75) is 32.4 Å². The summed E-state index contributed by atoms with van der Waals surface area (Å²) >= 11 is 0. The molecule has 0 saturated heterocycles. The highest BCUT2D eigenvalue weighted by Gasteiger charge is 2.44. The van der Waals surface area contributed by atoms with Gasteiger partial charge < -0.3 is 19.9 Å². The van der Waals surface area contributed by atoms with E-state index >= 15 is 0 Å². The zero-order valence-electron chi connectivity index (χ0n) is 18.9. The lowest BCUT2D eigenvalue weighted by Crippen LogP contribution is -2.57. The first-order valence-corrected chi connectivity index (χ1v) is 10.7. The number of benzene rings is 3. The molecule has 0 saturated carbocycles. The molecule has 2 N–H and O–H groups in total. The van der Waals surface area contributed by atoms with Crippen molar-refractivity contribution in [1.29, 1.82) is 0 Å². The molecule has 8 heteroatoms. The number of carboxylic acid groups (broad SMARTS) is 1. The van der Waals surface area contributed by atoms with Crippen molar-refractivity contribution < 1.29 is 29.0 Å². The number of nitrogens with zero attached hydrogens (tertiary/aromatic N) is 1. The maximum absolute atomic E-state index is 13.1. The van der Waals surface area contributed by atoms with E-state index in [1.165, 1.54) is 23.1 Å². The Bertz CT molecular complexity index is 1240. The smallest absolute Gasteiger partial charge is 0.335 e. The Morgan fingerprint density at radius 1 is 1.00 bits per heavy atom. The van der Waals surface area contributed by atoms with Crippen molar-refractivity contribution in [2.24, 2.45) is 0 Å². The van der Waals surface area contributed by atoms with Crippen LogP contribution in [0.2, 0.25) is 0 Å². The average Bonchev–Trinajstić information content (AvgIpc) is 2.81. The molecule has 1 heterocycles. The maximum atomic E-state index is 13.1. The van der Waals surface area contributed by atoms with E-state index in [4.69, 9.17) is 9.47 Å². The van der Waals surface area contributed by atoms with Crippen LogP contribution in [0.1, 0.15) is 31.1 Å². The van der Waals surface area contributed by atoms with Gasteiger partial charge in [-0.25, -0.2) is 4.79 Å². The van der Waals surface area contributed by atoms with Gasteiger partial charge in [-0.1, -0.05) is 18.2 Å². The fraction of sp³-hybridized carbons (Fsp3) is 0.192. The van der Waals surface area contributed by atoms with Crippen LogP contribution >= 0.6 is 0 Å². The summed E-state index contributed by atoms with van der Waals surface area (Å²) in [6, 6.07) is 19.5. The predicted octanol–water partition coefficient (Wildman–Crippen LogP) is 4.71. The van der Waals surface area contributed by atoms with Gasteiger partial charge in [0.15, 0.2) is 5.60 Å². The van der Waals surface area contributed by atoms with Gasteiger partial charge in [-0.15, -0.1) is 0 Å². The van der Waals surface area contributed by atoms with Gasteiger partial charge in [0.1, 0.15) is 23.3 Å². The number of para-hydroxylation sites is 1. The molecule has 3 aromatic carbocycles. The van der Waals surface area contributed by atoms with E-state index in [9.17, 15) is 19.5 Å². The number of hydrogen-bond donors (Lipinski definition) is 2. The molecule has 0 aromatic heterocycles. The van der Waals surface area contributed by atoms with Crippen molar-refractivity contribution in [1.82, 2.24) is 0 Å². The van der Waals surface area contributed by atoms with Crippen molar-refractivity contribution in [3.63, 3.8) is 0 Å². The van der Waals surface area contributed by atoms with Gasteiger partial charge in [0.25, 0.3) is 5.91 Å². The lowest BCUT2D eigenvalue weighted by Gasteiger charge is -2.41. The number of carboxylic acids is 1. The second-order valence-corrected chi connectivity index (χ2v) is 8.38. The van der Waals surface area contributed by atoms with Gasteiger partial charge in [-0.05, 0) is 75.4 Å². The Kier molecular flexibility index (Phi) is 5.98. The number of ether oxygens (including phenoxy) is 2. The summed E-state index contributed by atoms with van der Waals surface area (Å²) in [7, 11) is 0. The molecule has 2 amide bonds. The Labute approximate surface area is 196 Å². The number of carbonyl (C=O) groups excluding carboxylic acids is 2. The Balaban J connectivity index is 1.53. The van der Waals surface area contributed by atoms with Gasteiger partial charge in [0.05, 0.1) is 11.3 Å². The van der Waals surface area contributed by atoms with Crippen molar-refractivity contribution in [2.75, 3.05) is 10.2 Å². The largest absolute Gasteiger partial charge is 0.478 e. The number of aromatic carboxylic acids is 1. The molecule has 0 bridgehead atoms. The topological polar surface area (TPSA) is 105 Å². The molecule has 8 nitrogen and oxygen atoms in total. The molecular formula is C26H24N2O6. The first-order valence-electron chi connectivity index (χ1n) is 10.7. The molecule has 1 aliphatic rings. The quantitative estimate of drug-likeness (QED) is 0.552. The Morgan fingerprint density at radius 3 is 2.29 bits per heavy atom. The van der Waals surface area contributed by atoms with Crippen LogP contribution in [0.3, 0.4) is 0 Å². The molecule has 0 fully saturated rings. The summed E-state index contributed by atoms with van der Waals surface area (Å²) < 4.78 is 11.5. The van der Waals surface area contributed by atoms with Crippen molar-refractivity contribution >= 4 is 29.2 Å². The fourth-order valence-corrected chi connectivity index (χ4v) is 3.63. The summed E-state index contributed by atoms with van der Waals surface area (Å²) in [4.78, 5) is 38.9. The van der Waals surface area contributed by atoms with Crippen LogP contribution in [0.15, 0.2) is 72.8 Å². The molecule has 0 spiro atoms. The van der Waals surface area contributed by atoms with Gasteiger partial charge in [-0.3, -0.25) is 14.5 Å². The summed E-state index contributed by atoms with van der Waals surface area (Å²) in [5, 5.41) is 12.1. The minimum absolute atomic E-state index is 0.0266. The lowest BCUT2D eigenvalue weighted by molar-refractivity contribution is -0.134. The average molecular weight is 460 g/mol. The lowest BCUT2D eigenvalue weighted by atomic mass is 10.0. The van der Waals surface area contributed by atoms with E-state index in [2.05, 4.69) is 5.32 Å². The zero-order chi connectivity index (χ0) is 24.5. The van der Waals surface area contributed by atoms with Crippen LogP contribution in [0, 0.1) is 0 Å². The van der Waals surface area contributed by atoms with Crippen molar-refractivity contribution in [3.05, 3.63) is 78.4 Å². The minimum Gasteiger partial charge on any atom is -0.478 e. The third-order valence-corrected chi connectivity index (χ3v) is 5.43. The predicted molar refractivity (Wildman–Crippen MR) is 127 cm³/mol. The molecule has 1 unspecified atom stereocenters. The highest BCUT2D eigenvalue weighted by molar-refractivity contribution is 6.09. The number of nitrogens with one attached hydrogen (secondary N) is 1. The van der Waals surface area contributed by atoms with Gasteiger partial charge in [0.2, 0.25) is 5.91 Å². The molecule has 4 rings (SSSR count). The van der Waals surface area contributed by atoms with E-state index in [1.54, 1.807) is 45.0 Å². The van der Waals surface area contributed by atoms with E-state index in [1.807, 2.05) is 30.3 Å². The van der Waals surface area contributed by atoms with Crippen LogP contribution in [-0.2, 0) is 9.59 Å². The molecular weight excluding hydrogens is 436 g/mol. The summed E-state index contributed by atoms with van der Waals surface area (Å²) in [6.45, 7) is 4.76. The summed E-state index contributed by atoms with van der Waals surface area (Å²) in [6.07, 6.45) is 0. The second-order valence-electron chi connectivity index (χ2n) is 8.38. The van der Waals surface area contributed by atoms with E-state index in [0.29, 0.717) is 22.9 Å². The zero-order valence-corrected chi connectivity index (χ0v) is 18.9. The van der Waals surface area contributed by atoms with Crippen LogP contribution in [0.4, 0.5) is 11.4 Å². The van der Waals surface area contributed by atoms with Gasteiger partial charge in [-0.2, -0.15) is 0 Å². The van der Waals surface area contributed by atoms with E-state index in [0.717, 1.165) is 0 Å². The Morgan fingerprint density at radius 2 is 1.65 bits per heavy atom. The molecule has 34 heavy (non-hydrogen) atoms. The number of carbonyl (C=O) groups is 3. The van der Waals surface area contributed by atoms with Crippen molar-refractivity contribution in [3.8, 4) is 17.2 Å². The normalized spacial score (nSPS) is 15.0. The first kappa shape index (κ1) is 22.8. The number of fused-ring (bicyclic) bond motifs is 1. The Hall–Kier alpha value is -4.33. The molecule has 174 valence electrons. The number of rotatable bonds is 6. The standard InChI is InChI=1S/C26H24N2O6/c1-16(23(29)27-18-10-12-20(13-11-18)33-19-7-5-4-6-8-19)28-21-14-9-17(24(30)31)15-22(21)34-26(2,3)25(28)32/h4-16H,1-3H3,(H,27,29)(H,30,31). The summed E-state index contributed by atoms with van der Waals surface area (Å²) in [5.41, 5.74) is -0.365. The fourth-order valence-electron chi connectivity index (χ4n) is 3.63.